The van der Waals surface area contributed by atoms with Gasteiger partial charge in [0.15, 0.2) is 16.6 Å². The van der Waals surface area contributed by atoms with E-state index in [1.165, 1.54) is 6.20 Å². The van der Waals surface area contributed by atoms with Gasteiger partial charge in [-0.1, -0.05) is 35.5 Å². The van der Waals surface area contributed by atoms with Crippen LogP contribution in [0.5, 0.6) is 0 Å². The van der Waals surface area contributed by atoms with E-state index >= 15 is 0 Å². The zero-order valence-electron chi connectivity index (χ0n) is 12.4. The highest BCUT2D eigenvalue weighted by atomic mass is 35.5. The lowest BCUT2D eigenvalue weighted by molar-refractivity contribution is -0.141. The molecule has 3 aromatic rings. The minimum absolute atomic E-state index is 0.107. The molecule has 25 heavy (non-hydrogen) atoms. The first-order chi connectivity index (χ1) is 11.8. The van der Waals surface area contributed by atoms with Gasteiger partial charge in [0.05, 0.1) is 17.0 Å². The van der Waals surface area contributed by atoms with E-state index in [1.54, 1.807) is 24.3 Å². The van der Waals surface area contributed by atoms with Gasteiger partial charge in [0.1, 0.15) is 5.82 Å². The fourth-order valence-corrected chi connectivity index (χ4v) is 2.89. The van der Waals surface area contributed by atoms with Crippen molar-refractivity contribution in [1.29, 1.82) is 0 Å². The molecule has 2 aromatic heterocycles. The normalized spacial score (nSPS) is 11.7. The molecule has 5 nitrogen and oxygen atoms in total. The summed E-state index contributed by atoms with van der Waals surface area (Å²) in [5, 5.41) is 0.400. The SMILES string of the molecule is Nc1cc(C(F)(F)F)nc(SCc2ncc(-c3ccccc3Cl)o2)n1. The van der Waals surface area contributed by atoms with Gasteiger partial charge < -0.3 is 10.2 Å². The van der Waals surface area contributed by atoms with Crippen molar-refractivity contribution in [3.8, 4) is 11.3 Å². The van der Waals surface area contributed by atoms with Gasteiger partial charge in [0, 0.05) is 11.6 Å². The van der Waals surface area contributed by atoms with Crippen LogP contribution in [0, 0.1) is 0 Å². The highest BCUT2D eigenvalue weighted by Crippen LogP contribution is 2.32. The van der Waals surface area contributed by atoms with Crippen molar-refractivity contribution in [3.05, 3.63) is 53.1 Å². The maximum atomic E-state index is 12.7. The van der Waals surface area contributed by atoms with Crippen molar-refractivity contribution in [2.24, 2.45) is 0 Å². The predicted molar refractivity (Wildman–Crippen MR) is 88.0 cm³/mol. The molecular weight excluding hydrogens is 377 g/mol. The van der Waals surface area contributed by atoms with E-state index in [-0.39, 0.29) is 16.7 Å². The molecule has 0 radical (unpaired) electrons. The molecule has 0 aliphatic rings. The Morgan fingerprint density at radius 2 is 1.96 bits per heavy atom. The number of thioether (sulfide) groups is 1. The standard InChI is InChI=1S/C15H10ClF3N4OS/c16-9-4-2-1-3-8(9)10-6-21-13(24-10)7-25-14-22-11(15(17,18)19)5-12(20)23-14/h1-6H,7H2,(H2,20,22,23). The number of aromatic nitrogens is 3. The molecule has 130 valence electrons. The number of oxazole rings is 1. The number of hydrogen-bond acceptors (Lipinski definition) is 6. The fraction of sp³-hybridized carbons (Fsp3) is 0.133. The second-order valence-corrected chi connectivity index (χ2v) is 6.19. The van der Waals surface area contributed by atoms with Crippen molar-refractivity contribution in [2.75, 3.05) is 5.73 Å². The molecule has 10 heteroatoms. The molecule has 0 spiro atoms. The maximum absolute atomic E-state index is 12.7. The third kappa shape index (κ3) is 4.23. The Bertz CT molecular complexity index is 900. The Hall–Kier alpha value is -2.26. The van der Waals surface area contributed by atoms with Crippen LogP contribution in [0.1, 0.15) is 11.6 Å². The molecule has 0 saturated heterocycles. The monoisotopic (exact) mass is 386 g/mol. The summed E-state index contributed by atoms with van der Waals surface area (Å²) in [5.74, 6) is 0.657. The van der Waals surface area contributed by atoms with Gasteiger partial charge >= 0.3 is 6.18 Å². The summed E-state index contributed by atoms with van der Waals surface area (Å²) in [4.78, 5) is 11.3. The molecule has 0 amide bonds. The van der Waals surface area contributed by atoms with E-state index in [0.29, 0.717) is 28.3 Å². The zero-order chi connectivity index (χ0) is 18.0. The summed E-state index contributed by atoms with van der Waals surface area (Å²) in [6.45, 7) is 0. The quantitative estimate of drug-likeness (QED) is 0.518. The Balaban J connectivity index is 1.75. The van der Waals surface area contributed by atoms with Crippen molar-refractivity contribution in [1.82, 2.24) is 15.0 Å². The Labute approximate surface area is 149 Å². The minimum Gasteiger partial charge on any atom is -0.440 e. The van der Waals surface area contributed by atoms with Crippen LogP contribution < -0.4 is 5.73 Å². The molecular formula is C15H10ClF3N4OS. The molecule has 0 atom stereocenters. The Kier molecular flexibility index (Phi) is 4.87. The molecule has 3 rings (SSSR count). The minimum atomic E-state index is -4.59. The second-order valence-electron chi connectivity index (χ2n) is 4.85. The lowest BCUT2D eigenvalue weighted by atomic mass is 10.2. The van der Waals surface area contributed by atoms with Crippen LogP contribution in [0.2, 0.25) is 5.02 Å². The van der Waals surface area contributed by atoms with Crippen LogP contribution in [-0.2, 0) is 11.9 Å². The molecule has 0 saturated carbocycles. The van der Waals surface area contributed by atoms with E-state index in [2.05, 4.69) is 15.0 Å². The highest BCUT2D eigenvalue weighted by Gasteiger charge is 2.33. The van der Waals surface area contributed by atoms with Crippen LogP contribution in [0.3, 0.4) is 0 Å². The number of halogens is 4. The van der Waals surface area contributed by atoms with Gasteiger partial charge in [-0.15, -0.1) is 0 Å². The Morgan fingerprint density at radius 1 is 1.20 bits per heavy atom. The number of nitrogen functional groups attached to an aromatic ring is 1. The lowest BCUT2D eigenvalue weighted by Crippen LogP contribution is -2.10. The molecule has 0 bridgehead atoms. The van der Waals surface area contributed by atoms with Crippen LogP contribution in [0.25, 0.3) is 11.3 Å². The van der Waals surface area contributed by atoms with E-state index in [1.807, 2.05) is 0 Å². The number of nitrogens with zero attached hydrogens (tertiary/aromatic N) is 3. The average Bonchev–Trinajstić information content (AvgIpc) is 3.01. The van der Waals surface area contributed by atoms with Gasteiger partial charge in [0.25, 0.3) is 0 Å². The molecule has 2 N–H and O–H groups in total. The fourth-order valence-electron chi connectivity index (χ4n) is 1.94. The van der Waals surface area contributed by atoms with Gasteiger partial charge in [-0.25, -0.2) is 15.0 Å². The van der Waals surface area contributed by atoms with Crippen molar-refractivity contribution in [2.45, 2.75) is 17.1 Å². The summed E-state index contributed by atoms with van der Waals surface area (Å²) in [5.41, 5.74) is 4.99. The van der Waals surface area contributed by atoms with Crippen LogP contribution in [0.4, 0.5) is 19.0 Å². The smallest absolute Gasteiger partial charge is 0.433 e. The van der Waals surface area contributed by atoms with E-state index < -0.39 is 11.9 Å². The molecule has 0 aliphatic carbocycles. The van der Waals surface area contributed by atoms with Crippen LogP contribution in [0.15, 0.2) is 46.1 Å². The zero-order valence-corrected chi connectivity index (χ0v) is 14.0. The molecule has 1 aromatic carbocycles. The van der Waals surface area contributed by atoms with Gasteiger partial charge in [-0.2, -0.15) is 13.2 Å². The lowest BCUT2D eigenvalue weighted by Gasteiger charge is -2.07. The number of rotatable bonds is 4. The first kappa shape index (κ1) is 17.6. The van der Waals surface area contributed by atoms with Crippen molar-refractivity contribution < 1.29 is 17.6 Å². The highest BCUT2D eigenvalue weighted by molar-refractivity contribution is 7.98. The first-order valence-corrected chi connectivity index (χ1v) is 8.23. The molecule has 0 fully saturated rings. The summed E-state index contributed by atoms with van der Waals surface area (Å²) < 4.78 is 43.8. The number of nitrogens with two attached hydrogens (primary N) is 1. The van der Waals surface area contributed by atoms with E-state index in [4.69, 9.17) is 21.8 Å². The van der Waals surface area contributed by atoms with E-state index in [0.717, 1.165) is 11.8 Å². The third-order valence-corrected chi connectivity index (χ3v) is 4.20. The van der Waals surface area contributed by atoms with Crippen molar-refractivity contribution in [3.63, 3.8) is 0 Å². The summed E-state index contributed by atoms with van der Waals surface area (Å²) in [6, 6.07) is 7.76. The maximum Gasteiger partial charge on any atom is 0.433 e. The molecule has 0 aliphatic heterocycles. The summed E-state index contributed by atoms with van der Waals surface area (Å²) >= 11 is 7.02. The largest absolute Gasteiger partial charge is 0.440 e. The van der Waals surface area contributed by atoms with Gasteiger partial charge in [-0.3, -0.25) is 0 Å². The predicted octanol–water partition coefficient (Wildman–Crippen LogP) is 4.68. The number of hydrogen-bond donors (Lipinski definition) is 1. The van der Waals surface area contributed by atoms with Crippen LogP contribution >= 0.6 is 23.4 Å². The topological polar surface area (TPSA) is 77.8 Å². The van der Waals surface area contributed by atoms with Crippen molar-refractivity contribution >= 4 is 29.2 Å². The Morgan fingerprint density at radius 3 is 2.68 bits per heavy atom. The van der Waals surface area contributed by atoms with Gasteiger partial charge in [-0.05, 0) is 12.1 Å². The number of anilines is 1. The summed E-state index contributed by atoms with van der Waals surface area (Å²) in [6.07, 6.45) is -3.09. The number of benzene rings is 1. The van der Waals surface area contributed by atoms with E-state index in [9.17, 15) is 13.2 Å². The summed E-state index contributed by atoms with van der Waals surface area (Å²) in [7, 11) is 0. The van der Waals surface area contributed by atoms with Crippen LogP contribution in [-0.4, -0.2) is 15.0 Å². The second kappa shape index (κ2) is 6.93. The number of alkyl halides is 3. The third-order valence-electron chi connectivity index (χ3n) is 3.03. The molecule has 0 unspecified atom stereocenters. The molecule has 2 heterocycles. The average molecular weight is 387 g/mol. The first-order valence-electron chi connectivity index (χ1n) is 6.87. The van der Waals surface area contributed by atoms with Gasteiger partial charge in [0.2, 0.25) is 5.89 Å².